The van der Waals surface area contributed by atoms with Gasteiger partial charge in [-0.15, -0.1) is 6.58 Å². The number of benzene rings is 1. The summed E-state index contributed by atoms with van der Waals surface area (Å²) in [6.07, 6.45) is 2.54. The molecule has 1 rings (SSSR count). The Kier molecular flexibility index (Phi) is 5.77. The molecule has 0 radical (unpaired) electrons. The van der Waals surface area contributed by atoms with Crippen LogP contribution in [0.1, 0.15) is 37.0 Å². The zero-order chi connectivity index (χ0) is 14.3. The Balaban J connectivity index is 2.71. The summed E-state index contributed by atoms with van der Waals surface area (Å²) in [7, 11) is 0. The fraction of sp³-hybridized carbons (Fsp3) is 0.438. The van der Waals surface area contributed by atoms with Gasteiger partial charge in [-0.3, -0.25) is 0 Å². The summed E-state index contributed by atoms with van der Waals surface area (Å²) in [4.78, 5) is 11.9. The van der Waals surface area contributed by atoms with Crippen LogP contribution in [0.5, 0.6) is 0 Å². The molecule has 19 heavy (non-hydrogen) atoms. The molecule has 1 aromatic rings. The molecule has 1 N–H and O–H groups in total. The van der Waals surface area contributed by atoms with Gasteiger partial charge in [0.05, 0.1) is 11.7 Å². The second-order valence-electron chi connectivity index (χ2n) is 4.83. The van der Waals surface area contributed by atoms with Gasteiger partial charge in [-0.2, -0.15) is 0 Å². The van der Waals surface area contributed by atoms with Crippen molar-refractivity contribution in [3.05, 3.63) is 48.6 Å². The molecule has 0 aliphatic heterocycles. The molecule has 1 aromatic carbocycles. The van der Waals surface area contributed by atoms with E-state index in [9.17, 15) is 9.90 Å². The van der Waals surface area contributed by atoms with E-state index in [1.807, 2.05) is 13.0 Å². The van der Waals surface area contributed by atoms with Crippen molar-refractivity contribution in [2.24, 2.45) is 5.41 Å². The topological polar surface area (TPSA) is 46.5 Å². The quantitative estimate of drug-likeness (QED) is 0.606. The van der Waals surface area contributed by atoms with Crippen molar-refractivity contribution in [3.63, 3.8) is 0 Å². The van der Waals surface area contributed by atoms with E-state index in [0.717, 1.165) is 6.42 Å². The molecule has 0 saturated heterocycles. The maximum atomic E-state index is 11.9. The minimum absolute atomic E-state index is 0.195. The Bertz CT molecular complexity index is 411. The van der Waals surface area contributed by atoms with Crippen LogP contribution < -0.4 is 0 Å². The maximum absolute atomic E-state index is 11.9. The van der Waals surface area contributed by atoms with Crippen molar-refractivity contribution >= 4 is 5.97 Å². The van der Waals surface area contributed by atoms with Crippen LogP contribution in [0.3, 0.4) is 0 Å². The first-order valence-electron chi connectivity index (χ1n) is 6.57. The molecule has 0 spiro atoms. The SMILES string of the molecule is C=CC[C@@](CC)(COC(=O)c1ccccc1)[C@H](C)O. The highest BCUT2D eigenvalue weighted by atomic mass is 16.5. The van der Waals surface area contributed by atoms with Gasteiger partial charge >= 0.3 is 5.97 Å². The number of hydrogen-bond acceptors (Lipinski definition) is 3. The van der Waals surface area contributed by atoms with Crippen LogP contribution in [0.4, 0.5) is 0 Å². The fourth-order valence-electron chi connectivity index (χ4n) is 2.05. The number of ether oxygens (including phenoxy) is 1. The highest BCUT2D eigenvalue weighted by Gasteiger charge is 2.34. The summed E-state index contributed by atoms with van der Waals surface area (Å²) in [6.45, 7) is 7.61. The first kappa shape index (κ1) is 15.4. The van der Waals surface area contributed by atoms with Crippen LogP contribution >= 0.6 is 0 Å². The number of carbonyl (C=O) groups is 1. The molecule has 0 aromatic heterocycles. The molecule has 0 bridgehead atoms. The number of aliphatic hydroxyl groups excluding tert-OH is 1. The van der Waals surface area contributed by atoms with E-state index >= 15 is 0 Å². The number of hydrogen-bond donors (Lipinski definition) is 1. The molecule has 2 atom stereocenters. The fourth-order valence-corrected chi connectivity index (χ4v) is 2.05. The van der Waals surface area contributed by atoms with Gasteiger partial charge in [0.1, 0.15) is 6.61 Å². The number of aliphatic hydroxyl groups is 1. The van der Waals surface area contributed by atoms with Gasteiger partial charge in [-0.25, -0.2) is 4.79 Å². The van der Waals surface area contributed by atoms with Gasteiger partial charge in [0, 0.05) is 5.41 Å². The van der Waals surface area contributed by atoms with Crippen molar-refractivity contribution in [1.29, 1.82) is 0 Å². The summed E-state index contributed by atoms with van der Waals surface area (Å²) >= 11 is 0. The molecule has 0 heterocycles. The van der Waals surface area contributed by atoms with E-state index in [1.54, 1.807) is 37.3 Å². The van der Waals surface area contributed by atoms with Crippen molar-refractivity contribution in [2.75, 3.05) is 6.61 Å². The van der Waals surface area contributed by atoms with Gasteiger partial charge in [-0.05, 0) is 31.9 Å². The van der Waals surface area contributed by atoms with Crippen molar-refractivity contribution < 1.29 is 14.6 Å². The van der Waals surface area contributed by atoms with Gasteiger partial charge < -0.3 is 9.84 Å². The lowest BCUT2D eigenvalue weighted by Crippen LogP contribution is -2.37. The third-order valence-corrected chi connectivity index (χ3v) is 3.64. The molecular weight excluding hydrogens is 240 g/mol. The van der Waals surface area contributed by atoms with E-state index in [4.69, 9.17) is 4.74 Å². The van der Waals surface area contributed by atoms with Gasteiger partial charge in [0.15, 0.2) is 0 Å². The highest BCUT2D eigenvalue weighted by molar-refractivity contribution is 5.89. The third kappa shape index (κ3) is 3.93. The summed E-state index contributed by atoms with van der Waals surface area (Å²) < 4.78 is 5.35. The standard InChI is InChI=1S/C16H22O3/c1-4-11-16(5-2,13(3)17)12-19-15(18)14-9-7-6-8-10-14/h4,6-10,13,17H,1,5,11-12H2,2-3H3/t13-,16-/m0/s1. The molecule has 0 aliphatic carbocycles. The summed E-state index contributed by atoms with van der Waals surface area (Å²) in [5.41, 5.74) is 0.0725. The zero-order valence-electron chi connectivity index (χ0n) is 11.6. The monoisotopic (exact) mass is 262 g/mol. The first-order chi connectivity index (χ1) is 9.05. The predicted octanol–water partition coefficient (Wildman–Crippen LogP) is 3.20. The van der Waals surface area contributed by atoms with Gasteiger partial charge in [0.2, 0.25) is 0 Å². The average molecular weight is 262 g/mol. The van der Waals surface area contributed by atoms with Crippen LogP contribution in [0.2, 0.25) is 0 Å². The number of esters is 1. The van der Waals surface area contributed by atoms with Crippen molar-refractivity contribution in [2.45, 2.75) is 32.8 Å². The van der Waals surface area contributed by atoms with E-state index < -0.39 is 11.5 Å². The van der Waals surface area contributed by atoms with Crippen LogP contribution in [0.15, 0.2) is 43.0 Å². The molecule has 3 heteroatoms. The number of carbonyl (C=O) groups excluding carboxylic acids is 1. The Morgan fingerprint density at radius 1 is 1.47 bits per heavy atom. The lowest BCUT2D eigenvalue weighted by atomic mass is 9.78. The molecule has 0 unspecified atom stereocenters. The van der Waals surface area contributed by atoms with Crippen LogP contribution in [0, 0.1) is 5.41 Å². The predicted molar refractivity (Wildman–Crippen MR) is 75.9 cm³/mol. The lowest BCUT2D eigenvalue weighted by molar-refractivity contribution is -0.0250. The summed E-state index contributed by atoms with van der Waals surface area (Å²) in [6, 6.07) is 8.86. The van der Waals surface area contributed by atoms with Crippen molar-refractivity contribution in [3.8, 4) is 0 Å². The Morgan fingerprint density at radius 2 is 2.11 bits per heavy atom. The normalized spacial score (nSPS) is 15.3. The second-order valence-corrected chi connectivity index (χ2v) is 4.83. The zero-order valence-corrected chi connectivity index (χ0v) is 11.6. The van der Waals surface area contributed by atoms with E-state index in [-0.39, 0.29) is 12.6 Å². The van der Waals surface area contributed by atoms with E-state index in [2.05, 4.69) is 6.58 Å². The highest BCUT2D eigenvalue weighted by Crippen LogP contribution is 2.32. The van der Waals surface area contributed by atoms with Gasteiger partial charge in [0.25, 0.3) is 0 Å². The van der Waals surface area contributed by atoms with Crippen LogP contribution in [-0.4, -0.2) is 23.8 Å². The minimum atomic E-state index is -0.556. The largest absolute Gasteiger partial charge is 0.461 e. The molecule has 104 valence electrons. The molecule has 0 fully saturated rings. The molecule has 0 saturated carbocycles. The molecule has 0 aliphatic rings. The average Bonchev–Trinajstić information content (AvgIpc) is 2.43. The smallest absolute Gasteiger partial charge is 0.338 e. The molecule has 3 nitrogen and oxygen atoms in total. The van der Waals surface area contributed by atoms with Crippen molar-refractivity contribution in [1.82, 2.24) is 0 Å². The van der Waals surface area contributed by atoms with Crippen LogP contribution in [-0.2, 0) is 4.74 Å². The molecule has 0 amide bonds. The second kappa shape index (κ2) is 7.10. The number of rotatable bonds is 7. The van der Waals surface area contributed by atoms with Gasteiger partial charge in [-0.1, -0.05) is 31.2 Å². The summed E-state index contributed by atoms with van der Waals surface area (Å²) in [5.74, 6) is -0.358. The Labute approximate surface area is 114 Å². The summed E-state index contributed by atoms with van der Waals surface area (Å²) in [5, 5.41) is 9.94. The maximum Gasteiger partial charge on any atom is 0.338 e. The van der Waals surface area contributed by atoms with E-state index in [1.165, 1.54) is 0 Å². The van der Waals surface area contributed by atoms with Crippen LogP contribution in [0.25, 0.3) is 0 Å². The first-order valence-corrected chi connectivity index (χ1v) is 6.57. The third-order valence-electron chi connectivity index (χ3n) is 3.64. The minimum Gasteiger partial charge on any atom is -0.461 e. The Hall–Kier alpha value is -1.61. The van der Waals surface area contributed by atoms with E-state index in [0.29, 0.717) is 12.0 Å². The number of allylic oxidation sites excluding steroid dienone is 1. The molecular formula is C16H22O3. The Morgan fingerprint density at radius 3 is 2.58 bits per heavy atom. The lowest BCUT2D eigenvalue weighted by Gasteiger charge is -2.34.